The molecule has 1 aromatic heterocycles. The molecule has 0 amide bonds. The van der Waals surface area contributed by atoms with Crippen LogP contribution in [0.25, 0.3) is 6.08 Å². The van der Waals surface area contributed by atoms with E-state index in [1.54, 1.807) is 18.5 Å². The van der Waals surface area contributed by atoms with E-state index in [-0.39, 0.29) is 0 Å². The van der Waals surface area contributed by atoms with Crippen LogP contribution in [0.15, 0.2) is 55.4 Å². The summed E-state index contributed by atoms with van der Waals surface area (Å²) in [5.41, 5.74) is 3.08. The molecule has 1 N–H and O–H groups in total. The molecular weight excluding hydrogens is 184 g/mol. The van der Waals surface area contributed by atoms with Crippen LogP contribution in [-0.4, -0.2) is 4.98 Å². The van der Waals surface area contributed by atoms with Crippen molar-refractivity contribution in [1.29, 1.82) is 0 Å². The second kappa shape index (κ2) is 4.42. The summed E-state index contributed by atoms with van der Waals surface area (Å²) >= 11 is 0. The number of benzene rings is 1. The fourth-order valence-electron chi connectivity index (χ4n) is 1.36. The van der Waals surface area contributed by atoms with Crippen LogP contribution in [0.2, 0.25) is 0 Å². The monoisotopic (exact) mass is 196 g/mol. The summed E-state index contributed by atoms with van der Waals surface area (Å²) in [7, 11) is 0. The van der Waals surface area contributed by atoms with Gasteiger partial charge in [0.25, 0.3) is 0 Å². The average molecular weight is 196 g/mol. The van der Waals surface area contributed by atoms with Crippen molar-refractivity contribution in [2.24, 2.45) is 0 Å². The van der Waals surface area contributed by atoms with E-state index >= 15 is 0 Å². The summed E-state index contributed by atoms with van der Waals surface area (Å²) in [6.45, 7) is 3.75. The molecule has 0 aliphatic heterocycles. The number of rotatable bonds is 3. The highest BCUT2D eigenvalue weighted by Gasteiger charge is 1.98. The minimum atomic E-state index is 1.00. The number of hydrogen-bond donors (Lipinski definition) is 1. The minimum Gasteiger partial charge on any atom is -0.355 e. The average Bonchev–Trinajstić information content (AvgIpc) is 2.31. The first kappa shape index (κ1) is 9.46. The normalized spacial score (nSPS) is 9.60. The Morgan fingerprint density at radius 3 is 2.67 bits per heavy atom. The lowest BCUT2D eigenvalue weighted by Crippen LogP contribution is -1.92. The smallest absolute Gasteiger partial charge is 0.0488 e. The van der Waals surface area contributed by atoms with Crippen LogP contribution in [0.5, 0.6) is 0 Å². The quantitative estimate of drug-likeness (QED) is 0.813. The van der Waals surface area contributed by atoms with E-state index in [0.29, 0.717) is 0 Å². The molecule has 2 aromatic rings. The Hall–Kier alpha value is -2.09. The van der Waals surface area contributed by atoms with Gasteiger partial charge in [0.15, 0.2) is 0 Å². The van der Waals surface area contributed by atoms with Gasteiger partial charge in [0.1, 0.15) is 0 Å². The van der Waals surface area contributed by atoms with Gasteiger partial charge in [-0.25, -0.2) is 0 Å². The zero-order chi connectivity index (χ0) is 10.5. The second-order valence-corrected chi connectivity index (χ2v) is 3.16. The Balaban J connectivity index is 2.28. The molecule has 1 heterocycles. The highest BCUT2D eigenvalue weighted by Crippen LogP contribution is 2.20. The van der Waals surface area contributed by atoms with Gasteiger partial charge in [0.2, 0.25) is 0 Å². The standard InChI is InChI=1S/C13H12N2/c1-2-11-10-14-9-8-13(11)15-12-6-4-3-5-7-12/h2-10H,1H2,(H,14,15). The molecule has 15 heavy (non-hydrogen) atoms. The molecule has 0 aliphatic rings. The number of pyridine rings is 1. The molecule has 74 valence electrons. The lowest BCUT2D eigenvalue weighted by molar-refractivity contribution is 1.31. The third-order valence-electron chi connectivity index (χ3n) is 2.12. The fraction of sp³-hybridized carbons (Fsp3) is 0. The number of hydrogen-bond acceptors (Lipinski definition) is 2. The van der Waals surface area contributed by atoms with Crippen LogP contribution in [0, 0.1) is 0 Å². The number of nitrogens with one attached hydrogen (secondary N) is 1. The minimum absolute atomic E-state index is 1.00. The van der Waals surface area contributed by atoms with E-state index in [4.69, 9.17) is 0 Å². The fourth-order valence-corrected chi connectivity index (χ4v) is 1.36. The molecule has 1 aromatic carbocycles. The molecule has 0 radical (unpaired) electrons. The number of anilines is 2. The Kier molecular flexibility index (Phi) is 2.79. The van der Waals surface area contributed by atoms with Crippen LogP contribution in [0.1, 0.15) is 5.56 Å². The van der Waals surface area contributed by atoms with Crippen LogP contribution in [0.3, 0.4) is 0 Å². The molecule has 0 saturated heterocycles. The second-order valence-electron chi connectivity index (χ2n) is 3.16. The Bertz CT molecular complexity index is 449. The molecule has 0 unspecified atom stereocenters. The highest BCUT2D eigenvalue weighted by molar-refractivity contribution is 5.70. The summed E-state index contributed by atoms with van der Waals surface area (Å²) in [5, 5.41) is 3.31. The van der Waals surface area contributed by atoms with Gasteiger partial charge in [-0.05, 0) is 18.2 Å². The molecule has 2 rings (SSSR count). The van der Waals surface area contributed by atoms with Crippen LogP contribution in [-0.2, 0) is 0 Å². The maximum atomic E-state index is 4.05. The third kappa shape index (κ3) is 2.23. The maximum absolute atomic E-state index is 4.05. The number of aromatic nitrogens is 1. The predicted octanol–water partition coefficient (Wildman–Crippen LogP) is 3.47. The van der Waals surface area contributed by atoms with Gasteiger partial charge < -0.3 is 5.32 Å². The SMILES string of the molecule is C=Cc1cnccc1Nc1ccccc1. The summed E-state index contributed by atoms with van der Waals surface area (Å²) in [5.74, 6) is 0. The van der Waals surface area contributed by atoms with Crippen molar-refractivity contribution in [2.45, 2.75) is 0 Å². The molecule has 2 nitrogen and oxygen atoms in total. The molecule has 0 aliphatic carbocycles. The largest absolute Gasteiger partial charge is 0.355 e. The van der Waals surface area contributed by atoms with Crippen LogP contribution >= 0.6 is 0 Å². The van der Waals surface area contributed by atoms with Gasteiger partial charge in [-0.1, -0.05) is 30.9 Å². The first-order valence-corrected chi connectivity index (χ1v) is 4.78. The molecule has 0 saturated carbocycles. The van der Waals surface area contributed by atoms with Crippen molar-refractivity contribution in [2.75, 3.05) is 5.32 Å². The van der Waals surface area contributed by atoms with Gasteiger partial charge in [-0.2, -0.15) is 0 Å². The van der Waals surface area contributed by atoms with Gasteiger partial charge in [-0.15, -0.1) is 0 Å². The van der Waals surface area contributed by atoms with E-state index < -0.39 is 0 Å². The highest BCUT2D eigenvalue weighted by atomic mass is 14.9. The van der Waals surface area contributed by atoms with Gasteiger partial charge in [-0.3, -0.25) is 4.98 Å². The Labute approximate surface area is 89.3 Å². The van der Waals surface area contributed by atoms with Gasteiger partial charge >= 0.3 is 0 Å². The molecular formula is C13H12N2. The Morgan fingerprint density at radius 1 is 1.13 bits per heavy atom. The van der Waals surface area contributed by atoms with Crippen molar-refractivity contribution in [1.82, 2.24) is 4.98 Å². The van der Waals surface area contributed by atoms with E-state index in [1.807, 2.05) is 36.4 Å². The zero-order valence-corrected chi connectivity index (χ0v) is 8.35. The Morgan fingerprint density at radius 2 is 1.93 bits per heavy atom. The van der Waals surface area contributed by atoms with Crippen molar-refractivity contribution in [3.05, 3.63) is 60.9 Å². The summed E-state index contributed by atoms with van der Waals surface area (Å²) in [6, 6.07) is 12.0. The first-order valence-electron chi connectivity index (χ1n) is 4.78. The van der Waals surface area contributed by atoms with Crippen LogP contribution < -0.4 is 5.32 Å². The predicted molar refractivity (Wildman–Crippen MR) is 64.1 cm³/mol. The van der Waals surface area contributed by atoms with E-state index in [0.717, 1.165) is 16.9 Å². The summed E-state index contributed by atoms with van der Waals surface area (Å²) in [4.78, 5) is 4.05. The molecule has 0 spiro atoms. The lowest BCUT2D eigenvalue weighted by atomic mass is 10.2. The first-order chi connectivity index (χ1) is 7.40. The van der Waals surface area contributed by atoms with Crippen molar-refractivity contribution < 1.29 is 0 Å². The number of nitrogens with zero attached hydrogens (tertiary/aromatic N) is 1. The molecule has 2 heteroatoms. The zero-order valence-electron chi connectivity index (χ0n) is 8.35. The van der Waals surface area contributed by atoms with Crippen molar-refractivity contribution in [3.63, 3.8) is 0 Å². The van der Waals surface area contributed by atoms with Gasteiger partial charge in [0, 0.05) is 29.3 Å². The van der Waals surface area contributed by atoms with Crippen LogP contribution in [0.4, 0.5) is 11.4 Å². The topological polar surface area (TPSA) is 24.9 Å². The molecule has 0 fully saturated rings. The maximum Gasteiger partial charge on any atom is 0.0488 e. The number of para-hydroxylation sites is 1. The molecule has 0 bridgehead atoms. The summed E-state index contributed by atoms with van der Waals surface area (Å²) < 4.78 is 0. The van der Waals surface area contributed by atoms with Gasteiger partial charge in [0.05, 0.1) is 0 Å². The third-order valence-corrected chi connectivity index (χ3v) is 2.12. The summed E-state index contributed by atoms with van der Waals surface area (Å²) in [6.07, 6.45) is 5.34. The van der Waals surface area contributed by atoms with Crippen molar-refractivity contribution >= 4 is 17.5 Å². The van der Waals surface area contributed by atoms with Crippen molar-refractivity contribution in [3.8, 4) is 0 Å². The van der Waals surface area contributed by atoms with E-state index in [9.17, 15) is 0 Å². The molecule has 0 atom stereocenters. The lowest BCUT2D eigenvalue weighted by Gasteiger charge is -2.08. The van der Waals surface area contributed by atoms with E-state index in [1.165, 1.54) is 0 Å². The van der Waals surface area contributed by atoms with E-state index in [2.05, 4.69) is 16.9 Å².